The summed E-state index contributed by atoms with van der Waals surface area (Å²) in [6.07, 6.45) is 3.19. The van der Waals surface area contributed by atoms with Crippen molar-refractivity contribution in [3.05, 3.63) is 69.2 Å². The van der Waals surface area contributed by atoms with E-state index in [9.17, 15) is 18.4 Å². The summed E-state index contributed by atoms with van der Waals surface area (Å²) in [5.74, 6) is -3.56. The molecule has 0 N–H and O–H groups in total. The minimum Gasteiger partial charge on any atom is -0.274 e. The van der Waals surface area contributed by atoms with Crippen LogP contribution in [0.3, 0.4) is 0 Å². The van der Waals surface area contributed by atoms with Crippen molar-refractivity contribution in [2.75, 3.05) is 6.54 Å². The topological polar surface area (TPSA) is 37.4 Å². The normalized spacial score (nSPS) is 10.7. The molecule has 0 aliphatic rings. The van der Waals surface area contributed by atoms with Crippen molar-refractivity contribution in [1.82, 2.24) is 4.90 Å². The molecule has 0 aliphatic carbocycles. The van der Waals surface area contributed by atoms with Crippen LogP contribution in [-0.2, 0) is 0 Å². The molecule has 0 fully saturated rings. The summed E-state index contributed by atoms with van der Waals surface area (Å²) in [4.78, 5) is 26.5. The van der Waals surface area contributed by atoms with Crippen molar-refractivity contribution >= 4 is 35.0 Å². The number of carbonyl (C=O) groups excluding carboxylic acids is 2. The van der Waals surface area contributed by atoms with E-state index in [4.69, 9.17) is 23.2 Å². The number of hydrogen-bond donors (Lipinski definition) is 0. The van der Waals surface area contributed by atoms with E-state index in [2.05, 4.69) is 0 Å². The summed E-state index contributed by atoms with van der Waals surface area (Å²) in [7, 11) is 0. The fourth-order valence-electron chi connectivity index (χ4n) is 2.62. The van der Waals surface area contributed by atoms with Crippen LogP contribution in [0.2, 0.25) is 10.0 Å². The van der Waals surface area contributed by atoms with E-state index in [1.807, 2.05) is 6.92 Å². The highest BCUT2D eigenvalue weighted by Crippen LogP contribution is 2.23. The molecule has 0 saturated heterocycles. The highest BCUT2D eigenvalue weighted by atomic mass is 35.5. The Morgan fingerprint density at radius 2 is 1.33 bits per heavy atom. The van der Waals surface area contributed by atoms with E-state index in [0.717, 1.165) is 24.2 Å². The van der Waals surface area contributed by atoms with Crippen molar-refractivity contribution in [3.8, 4) is 0 Å². The Kier molecular flexibility index (Phi) is 7.75. The second-order valence-corrected chi connectivity index (χ2v) is 6.84. The first kappa shape index (κ1) is 21.3. The molecule has 0 heterocycles. The molecule has 0 unspecified atom stereocenters. The summed E-state index contributed by atoms with van der Waals surface area (Å²) in [5.41, 5.74) is -0.678. The number of benzene rings is 2. The maximum absolute atomic E-state index is 14.3. The minimum atomic E-state index is -0.915. The van der Waals surface area contributed by atoms with Crippen LogP contribution in [0.1, 0.15) is 53.3 Å². The van der Waals surface area contributed by atoms with Gasteiger partial charge in [-0.1, -0.05) is 61.5 Å². The molecular weight excluding hydrogens is 395 g/mol. The largest absolute Gasteiger partial charge is 0.274 e. The van der Waals surface area contributed by atoms with Gasteiger partial charge in [-0.15, -0.1) is 0 Å². The van der Waals surface area contributed by atoms with Gasteiger partial charge in [-0.25, -0.2) is 8.78 Å². The number of unbranched alkanes of at least 4 members (excludes halogenated alkanes) is 3. The molecule has 0 spiro atoms. The average molecular weight is 414 g/mol. The van der Waals surface area contributed by atoms with Gasteiger partial charge in [0, 0.05) is 6.54 Å². The van der Waals surface area contributed by atoms with Crippen LogP contribution in [-0.4, -0.2) is 23.3 Å². The highest BCUT2D eigenvalue weighted by molar-refractivity contribution is 6.31. The summed E-state index contributed by atoms with van der Waals surface area (Å²) < 4.78 is 28.6. The van der Waals surface area contributed by atoms with E-state index >= 15 is 0 Å². The molecule has 0 radical (unpaired) electrons. The number of hydrogen-bond acceptors (Lipinski definition) is 2. The average Bonchev–Trinajstić information content (AvgIpc) is 2.65. The third kappa shape index (κ3) is 5.05. The van der Waals surface area contributed by atoms with Crippen molar-refractivity contribution in [2.24, 2.45) is 0 Å². The summed E-state index contributed by atoms with van der Waals surface area (Å²) in [6, 6.07) is 7.92. The van der Waals surface area contributed by atoms with Crippen molar-refractivity contribution < 1.29 is 18.4 Å². The predicted octanol–water partition coefficient (Wildman–Crippen LogP) is 6.13. The Bertz CT molecular complexity index is 779. The molecule has 144 valence electrons. The van der Waals surface area contributed by atoms with Gasteiger partial charge in [0.15, 0.2) is 11.6 Å². The maximum atomic E-state index is 14.3. The molecule has 0 atom stereocenters. The molecular formula is C20H19Cl2F2NO2. The van der Waals surface area contributed by atoms with Gasteiger partial charge < -0.3 is 0 Å². The standard InChI is InChI=1S/C20H19Cl2F2NO2/c1-2-3-4-5-12-25(19(26)13-8-6-10-15(21)17(13)23)20(27)14-9-7-11-16(22)18(14)24/h6-11H,2-5,12H2,1H3. The lowest BCUT2D eigenvalue weighted by atomic mass is 10.1. The smallest absolute Gasteiger partial charge is 0.263 e. The molecule has 0 saturated carbocycles. The zero-order valence-electron chi connectivity index (χ0n) is 14.8. The number of rotatable bonds is 7. The monoisotopic (exact) mass is 413 g/mol. The first-order valence-corrected chi connectivity index (χ1v) is 9.38. The lowest BCUT2D eigenvalue weighted by Gasteiger charge is -2.22. The van der Waals surface area contributed by atoms with Gasteiger partial charge in [0.05, 0.1) is 21.2 Å². The third-order valence-electron chi connectivity index (χ3n) is 4.09. The molecule has 0 aliphatic heterocycles. The minimum absolute atomic E-state index is 0.0373. The van der Waals surface area contributed by atoms with Gasteiger partial charge in [0.25, 0.3) is 11.8 Å². The molecule has 0 bridgehead atoms. The van der Waals surface area contributed by atoms with Gasteiger partial charge in [0.2, 0.25) is 0 Å². The number of amides is 2. The second kappa shape index (κ2) is 9.81. The molecule has 2 rings (SSSR count). The number of halogens is 4. The van der Waals surface area contributed by atoms with Crippen LogP contribution in [0.15, 0.2) is 36.4 Å². The van der Waals surface area contributed by atoms with Gasteiger partial charge >= 0.3 is 0 Å². The van der Waals surface area contributed by atoms with E-state index in [-0.39, 0.29) is 27.7 Å². The van der Waals surface area contributed by atoms with Gasteiger partial charge in [-0.3, -0.25) is 14.5 Å². The number of nitrogens with zero attached hydrogens (tertiary/aromatic N) is 1. The van der Waals surface area contributed by atoms with E-state index in [1.54, 1.807) is 0 Å². The van der Waals surface area contributed by atoms with Crippen LogP contribution < -0.4 is 0 Å². The third-order valence-corrected chi connectivity index (χ3v) is 4.67. The Hall–Kier alpha value is -1.98. The zero-order chi connectivity index (χ0) is 20.0. The van der Waals surface area contributed by atoms with Crippen molar-refractivity contribution in [1.29, 1.82) is 0 Å². The Labute approximate surface area is 166 Å². The van der Waals surface area contributed by atoms with Gasteiger partial charge in [0.1, 0.15) is 0 Å². The molecule has 7 heteroatoms. The van der Waals surface area contributed by atoms with E-state index < -0.39 is 23.4 Å². The predicted molar refractivity (Wildman–Crippen MR) is 102 cm³/mol. The van der Waals surface area contributed by atoms with Crippen molar-refractivity contribution in [3.63, 3.8) is 0 Å². The summed E-state index contributed by atoms with van der Waals surface area (Å²) >= 11 is 11.5. The molecule has 3 nitrogen and oxygen atoms in total. The number of carbonyl (C=O) groups is 2. The van der Waals surface area contributed by atoms with Crippen LogP contribution >= 0.6 is 23.2 Å². The second-order valence-electron chi connectivity index (χ2n) is 6.03. The van der Waals surface area contributed by atoms with Gasteiger partial charge in [-0.2, -0.15) is 0 Å². The van der Waals surface area contributed by atoms with E-state index in [1.165, 1.54) is 36.4 Å². The Morgan fingerprint density at radius 3 is 1.78 bits per heavy atom. The van der Waals surface area contributed by atoms with Crippen LogP contribution in [0.5, 0.6) is 0 Å². The molecule has 0 aromatic heterocycles. The lowest BCUT2D eigenvalue weighted by Crippen LogP contribution is -2.38. The molecule has 2 aromatic rings. The number of imide groups is 1. The SMILES string of the molecule is CCCCCCN(C(=O)c1cccc(Cl)c1F)C(=O)c1cccc(Cl)c1F. The van der Waals surface area contributed by atoms with Gasteiger partial charge in [-0.05, 0) is 30.7 Å². The zero-order valence-corrected chi connectivity index (χ0v) is 16.3. The molecule has 2 amide bonds. The van der Waals surface area contributed by atoms with Crippen LogP contribution in [0.4, 0.5) is 8.78 Å². The summed E-state index contributed by atoms with van der Waals surface area (Å²) in [5, 5.41) is -0.457. The van der Waals surface area contributed by atoms with Crippen LogP contribution in [0, 0.1) is 11.6 Å². The van der Waals surface area contributed by atoms with E-state index in [0.29, 0.717) is 6.42 Å². The quantitative estimate of drug-likeness (QED) is 0.404. The van der Waals surface area contributed by atoms with Crippen molar-refractivity contribution in [2.45, 2.75) is 32.6 Å². The lowest BCUT2D eigenvalue weighted by molar-refractivity contribution is 0.0608. The molecule has 2 aromatic carbocycles. The molecule has 27 heavy (non-hydrogen) atoms. The highest BCUT2D eigenvalue weighted by Gasteiger charge is 2.28. The summed E-state index contributed by atoms with van der Waals surface area (Å²) in [6.45, 7) is 2.06. The maximum Gasteiger partial charge on any atom is 0.263 e. The first-order chi connectivity index (χ1) is 12.9. The Morgan fingerprint density at radius 1 is 0.852 bits per heavy atom. The Balaban J connectivity index is 2.38. The fraction of sp³-hybridized carbons (Fsp3) is 0.300. The fourth-order valence-corrected chi connectivity index (χ4v) is 2.97. The van der Waals surface area contributed by atoms with Crippen LogP contribution in [0.25, 0.3) is 0 Å². The first-order valence-electron chi connectivity index (χ1n) is 8.62.